The summed E-state index contributed by atoms with van der Waals surface area (Å²) in [6, 6.07) is 0. The largest absolute Gasteiger partial charge is 0.324 e. The molecule has 108 valence electrons. The van der Waals surface area contributed by atoms with Crippen molar-refractivity contribution in [1.82, 2.24) is 24.6 Å². The van der Waals surface area contributed by atoms with E-state index in [0.717, 1.165) is 29.8 Å². The molecule has 1 fully saturated rings. The molecule has 0 aliphatic carbocycles. The number of nitrogens with two attached hydrogens (primary N) is 1. The molecule has 0 saturated carbocycles. The van der Waals surface area contributed by atoms with Crippen molar-refractivity contribution in [2.24, 2.45) is 5.73 Å². The summed E-state index contributed by atoms with van der Waals surface area (Å²) < 4.78 is 2.11. The SMILES string of the molecule is CCn1c(CN)nnc1SCCN1CCN(C)CC1. The molecule has 0 spiro atoms. The highest BCUT2D eigenvalue weighted by Crippen LogP contribution is 2.17. The van der Waals surface area contributed by atoms with Crippen LogP contribution >= 0.6 is 11.8 Å². The number of hydrogen-bond donors (Lipinski definition) is 1. The lowest BCUT2D eigenvalue weighted by molar-refractivity contribution is 0.161. The van der Waals surface area contributed by atoms with Crippen LogP contribution in [0.3, 0.4) is 0 Å². The third-order valence-corrected chi connectivity index (χ3v) is 4.47. The summed E-state index contributed by atoms with van der Waals surface area (Å²) in [6.45, 7) is 9.26. The molecule has 2 N–H and O–H groups in total. The smallest absolute Gasteiger partial charge is 0.191 e. The molecule has 0 amide bonds. The molecule has 2 heterocycles. The van der Waals surface area contributed by atoms with Gasteiger partial charge >= 0.3 is 0 Å². The number of likely N-dealkylation sites (N-methyl/N-ethyl adjacent to an activating group) is 1. The molecule has 0 bridgehead atoms. The van der Waals surface area contributed by atoms with E-state index < -0.39 is 0 Å². The number of piperazine rings is 1. The standard InChI is InChI=1S/C12H24N6S/c1-3-18-11(10-13)14-15-12(18)19-9-8-17-6-4-16(2)5-7-17/h3-10,13H2,1-2H3. The van der Waals surface area contributed by atoms with Crippen molar-refractivity contribution < 1.29 is 0 Å². The Hall–Kier alpha value is -0.630. The average Bonchev–Trinajstić information content (AvgIpc) is 2.83. The van der Waals surface area contributed by atoms with Crippen LogP contribution in [-0.4, -0.2) is 70.1 Å². The first-order chi connectivity index (χ1) is 9.24. The van der Waals surface area contributed by atoms with Gasteiger partial charge in [0.2, 0.25) is 0 Å². The molecule has 6 nitrogen and oxygen atoms in total. The van der Waals surface area contributed by atoms with Gasteiger partial charge in [0.15, 0.2) is 5.16 Å². The maximum absolute atomic E-state index is 5.65. The highest BCUT2D eigenvalue weighted by Gasteiger charge is 2.14. The van der Waals surface area contributed by atoms with Crippen molar-refractivity contribution >= 4 is 11.8 Å². The predicted molar refractivity (Wildman–Crippen MR) is 78.2 cm³/mol. The summed E-state index contributed by atoms with van der Waals surface area (Å²) in [5.41, 5.74) is 5.65. The van der Waals surface area contributed by atoms with Crippen LogP contribution in [-0.2, 0) is 13.1 Å². The number of rotatable bonds is 6. The van der Waals surface area contributed by atoms with Gasteiger partial charge in [-0.25, -0.2) is 0 Å². The van der Waals surface area contributed by atoms with Crippen LogP contribution in [0.5, 0.6) is 0 Å². The minimum Gasteiger partial charge on any atom is -0.324 e. The van der Waals surface area contributed by atoms with Gasteiger partial charge in [0.25, 0.3) is 0 Å². The van der Waals surface area contributed by atoms with Crippen LogP contribution in [0.25, 0.3) is 0 Å². The Morgan fingerprint density at radius 2 is 1.95 bits per heavy atom. The second kappa shape index (κ2) is 7.23. The van der Waals surface area contributed by atoms with Gasteiger partial charge < -0.3 is 15.2 Å². The zero-order valence-electron chi connectivity index (χ0n) is 11.9. The first-order valence-corrected chi connectivity index (χ1v) is 7.89. The molecule has 0 radical (unpaired) electrons. The van der Waals surface area contributed by atoms with Crippen molar-refractivity contribution in [2.45, 2.75) is 25.2 Å². The highest BCUT2D eigenvalue weighted by molar-refractivity contribution is 7.99. The van der Waals surface area contributed by atoms with Crippen molar-refractivity contribution in [1.29, 1.82) is 0 Å². The first kappa shape index (κ1) is 14.8. The molecule has 1 aliphatic heterocycles. The van der Waals surface area contributed by atoms with Crippen LogP contribution in [0.2, 0.25) is 0 Å². The van der Waals surface area contributed by atoms with Gasteiger partial charge in [-0.3, -0.25) is 4.90 Å². The second-order valence-electron chi connectivity index (χ2n) is 4.84. The summed E-state index contributed by atoms with van der Waals surface area (Å²) in [7, 11) is 2.18. The van der Waals surface area contributed by atoms with E-state index in [2.05, 4.69) is 38.5 Å². The van der Waals surface area contributed by atoms with Crippen molar-refractivity contribution in [3.8, 4) is 0 Å². The van der Waals surface area contributed by atoms with Crippen LogP contribution in [0.1, 0.15) is 12.7 Å². The quantitative estimate of drug-likeness (QED) is 0.747. The van der Waals surface area contributed by atoms with Crippen molar-refractivity contribution in [3.05, 3.63) is 5.82 Å². The van der Waals surface area contributed by atoms with Crippen LogP contribution in [0.15, 0.2) is 5.16 Å². The van der Waals surface area contributed by atoms with Crippen molar-refractivity contribution in [2.75, 3.05) is 45.5 Å². The van der Waals surface area contributed by atoms with Gasteiger partial charge in [-0.15, -0.1) is 10.2 Å². The Labute approximate surface area is 119 Å². The van der Waals surface area contributed by atoms with Crippen LogP contribution in [0.4, 0.5) is 0 Å². The van der Waals surface area contributed by atoms with E-state index in [1.165, 1.54) is 26.2 Å². The molecule has 0 atom stereocenters. The van der Waals surface area contributed by atoms with E-state index in [-0.39, 0.29) is 0 Å². The van der Waals surface area contributed by atoms with E-state index >= 15 is 0 Å². The lowest BCUT2D eigenvalue weighted by atomic mass is 10.3. The number of nitrogens with zero attached hydrogens (tertiary/aromatic N) is 5. The van der Waals surface area contributed by atoms with Gasteiger partial charge in [0.05, 0.1) is 6.54 Å². The fourth-order valence-corrected chi connectivity index (χ4v) is 3.25. The zero-order chi connectivity index (χ0) is 13.7. The molecule has 2 rings (SSSR count). The van der Waals surface area contributed by atoms with E-state index in [4.69, 9.17) is 5.73 Å². The Balaban J connectivity index is 1.78. The molecular formula is C12H24N6S. The molecule has 0 aromatic carbocycles. The summed E-state index contributed by atoms with van der Waals surface area (Å²) in [5.74, 6) is 1.94. The molecule has 0 unspecified atom stereocenters. The summed E-state index contributed by atoms with van der Waals surface area (Å²) in [4.78, 5) is 4.90. The van der Waals surface area contributed by atoms with Crippen molar-refractivity contribution in [3.63, 3.8) is 0 Å². The third-order valence-electron chi connectivity index (χ3n) is 3.53. The Bertz CT molecular complexity index is 386. The molecule has 1 aromatic heterocycles. The topological polar surface area (TPSA) is 63.2 Å². The Morgan fingerprint density at radius 1 is 1.21 bits per heavy atom. The summed E-state index contributed by atoms with van der Waals surface area (Å²) in [5, 5.41) is 9.35. The molecule has 1 saturated heterocycles. The molecule has 7 heteroatoms. The lowest BCUT2D eigenvalue weighted by Gasteiger charge is -2.32. The van der Waals surface area contributed by atoms with Gasteiger partial charge in [-0.2, -0.15) is 0 Å². The molecule has 1 aromatic rings. The van der Waals surface area contributed by atoms with Crippen LogP contribution in [0, 0.1) is 0 Å². The minimum atomic E-state index is 0.458. The maximum Gasteiger partial charge on any atom is 0.191 e. The second-order valence-corrected chi connectivity index (χ2v) is 5.90. The van der Waals surface area contributed by atoms with Gasteiger partial charge in [-0.1, -0.05) is 11.8 Å². The fraction of sp³-hybridized carbons (Fsp3) is 0.833. The normalized spacial score (nSPS) is 18.1. The number of aromatic nitrogens is 3. The van der Waals surface area contributed by atoms with Gasteiger partial charge in [0.1, 0.15) is 5.82 Å². The summed E-state index contributed by atoms with van der Waals surface area (Å²) >= 11 is 1.78. The average molecular weight is 284 g/mol. The molecular weight excluding hydrogens is 260 g/mol. The predicted octanol–water partition coefficient (Wildman–Crippen LogP) is 0.0962. The monoisotopic (exact) mass is 284 g/mol. The van der Waals surface area contributed by atoms with E-state index in [0.29, 0.717) is 6.54 Å². The molecule has 1 aliphatic rings. The van der Waals surface area contributed by atoms with E-state index in [1.807, 2.05) is 0 Å². The van der Waals surface area contributed by atoms with E-state index in [1.54, 1.807) is 11.8 Å². The summed E-state index contributed by atoms with van der Waals surface area (Å²) in [6.07, 6.45) is 0. The Morgan fingerprint density at radius 3 is 2.58 bits per heavy atom. The molecule has 19 heavy (non-hydrogen) atoms. The van der Waals surface area contributed by atoms with Gasteiger partial charge in [0, 0.05) is 45.0 Å². The zero-order valence-corrected chi connectivity index (χ0v) is 12.7. The fourth-order valence-electron chi connectivity index (χ4n) is 2.23. The first-order valence-electron chi connectivity index (χ1n) is 6.90. The maximum atomic E-state index is 5.65. The van der Waals surface area contributed by atoms with Crippen LogP contribution < -0.4 is 5.73 Å². The highest BCUT2D eigenvalue weighted by atomic mass is 32.2. The van der Waals surface area contributed by atoms with Gasteiger partial charge in [-0.05, 0) is 14.0 Å². The Kier molecular flexibility index (Phi) is 5.62. The number of hydrogen-bond acceptors (Lipinski definition) is 6. The lowest BCUT2D eigenvalue weighted by Crippen LogP contribution is -2.45. The third kappa shape index (κ3) is 3.92. The number of thioether (sulfide) groups is 1. The minimum absolute atomic E-state index is 0.458. The van der Waals surface area contributed by atoms with E-state index in [9.17, 15) is 0 Å².